The molecule has 0 spiro atoms. The van der Waals surface area contributed by atoms with Crippen LogP contribution in [0.2, 0.25) is 0 Å². The number of ketones is 1. The third-order valence-electron chi connectivity index (χ3n) is 2.10. The van der Waals surface area contributed by atoms with Crippen LogP contribution in [0.1, 0.15) is 6.42 Å². The van der Waals surface area contributed by atoms with E-state index in [0.29, 0.717) is 13.0 Å². The highest BCUT2D eigenvalue weighted by atomic mass is 32.1. The molecule has 7 heteroatoms. The van der Waals surface area contributed by atoms with Crippen LogP contribution in [0.15, 0.2) is 0 Å². The maximum atomic E-state index is 11.4. The average Bonchev–Trinajstić information content (AvgIpc) is 2.60. The SMILES string of the molecule is O=C1CCN[C@@H]1C(=O)N[C@@H](CS)C(=O)O. The molecule has 1 heterocycles. The Morgan fingerprint density at radius 2 is 2.33 bits per heavy atom. The van der Waals surface area contributed by atoms with Gasteiger partial charge in [0.15, 0.2) is 5.78 Å². The Morgan fingerprint density at radius 3 is 2.73 bits per heavy atom. The summed E-state index contributed by atoms with van der Waals surface area (Å²) in [6, 6.07) is -1.97. The Bertz CT molecular complexity index is 294. The van der Waals surface area contributed by atoms with E-state index in [2.05, 4.69) is 23.3 Å². The third kappa shape index (κ3) is 2.93. The first-order chi connectivity index (χ1) is 7.06. The number of Topliss-reactive ketones (excluding diaryl/α,β-unsaturated/α-hetero) is 1. The van der Waals surface area contributed by atoms with Crippen molar-refractivity contribution >= 4 is 30.3 Å². The summed E-state index contributed by atoms with van der Waals surface area (Å²) in [6.45, 7) is 0.454. The topological polar surface area (TPSA) is 95.5 Å². The number of carbonyl (C=O) groups is 3. The summed E-state index contributed by atoms with van der Waals surface area (Å²) in [4.78, 5) is 33.2. The van der Waals surface area contributed by atoms with Crippen LogP contribution in [0.5, 0.6) is 0 Å². The van der Waals surface area contributed by atoms with E-state index in [9.17, 15) is 14.4 Å². The molecule has 0 radical (unpaired) electrons. The number of rotatable bonds is 4. The molecule has 0 saturated carbocycles. The van der Waals surface area contributed by atoms with Gasteiger partial charge < -0.3 is 10.4 Å². The van der Waals surface area contributed by atoms with Crippen molar-refractivity contribution in [1.29, 1.82) is 0 Å². The van der Waals surface area contributed by atoms with Crippen LogP contribution in [0.4, 0.5) is 0 Å². The van der Waals surface area contributed by atoms with Crippen molar-refractivity contribution in [3.8, 4) is 0 Å². The maximum Gasteiger partial charge on any atom is 0.327 e. The average molecular weight is 232 g/mol. The number of amides is 1. The molecule has 1 aliphatic rings. The number of carboxylic acid groups (broad SMARTS) is 1. The van der Waals surface area contributed by atoms with Crippen LogP contribution in [-0.4, -0.2) is 47.1 Å². The van der Waals surface area contributed by atoms with E-state index in [1.165, 1.54) is 0 Å². The lowest BCUT2D eigenvalue weighted by Crippen LogP contribution is -2.51. The first kappa shape index (κ1) is 12.0. The van der Waals surface area contributed by atoms with Crippen molar-refractivity contribution in [2.24, 2.45) is 0 Å². The summed E-state index contributed by atoms with van der Waals surface area (Å²) < 4.78 is 0. The Labute approximate surface area is 91.8 Å². The first-order valence-electron chi connectivity index (χ1n) is 4.46. The zero-order valence-electron chi connectivity index (χ0n) is 7.90. The molecule has 6 nitrogen and oxygen atoms in total. The van der Waals surface area contributed by atoms with Gasteiger partial charge in [0.25, 0.3) is 0 Å². The number of nitrogens with one attached hydrogen (secondary N) is 2. The molecule has 0 aromatic heterocycles. The van der Waals surface area contributed by atoms with Gasteiger partial charge in [-0.2, -0.15) is 12.6 Å². The van der Waals surface area contributed by atoms with Crippen molar-refractivity contribution < 1.29 is 19.5 Å². The number of thiol groups is 1. The molecule has 1 aliphatic heterocycles. The minimum atomic E-state index is -1.16. The van der Waals surface area contributed by atoms with Crippen molar-refractivity contribution in [3.05, 3.63) is 0 Å². The van der Waals surface area contributed by atoms with Crippen LogP contribution >= 0.6 is 12.6 Å². The Hall–Kier alpha value is -1.08. The number of hydrogen-bond acceptors (Lipinski definition) is 5. The molecule has 1 saturated heterocycles. The van der Waals surface area contributed by atoms with Crippen LogP contribution in [0.3, 0.4) is 0 Å². The van der Waals surface area contributed by atoms with Crippen molar-refractivity contribution in [3.63, 3.8) is 0 Å². The van der Waals surface area contributed by atoms with Crippen LogP contribution < -0.4 is 10.6 Å². The van der Waals surface area contributed by atoms with E-state index in [0.717, 1.165) is 0 Å². The van der Waals surface area contributed by atoms with E-state index in [1.54, 1.807) is 0 Å². The van der Waals surface area contributed by atoms with E-state index in [4.69, 9.17) is 5.11 Å². The maximum absolute atomic E-state index is 11.4. The molecule has 0 aliphatic carbocycles. The Morgan fingerprint density at radius 1 is 1.67 bits per heavy atom. The Balaban J connectivity index is 2.54. The molecule has 0 unspecified atom stereocenters. The fourth-order valence-corrected chi connectivity index (χ4v) is 1.52. The molecule has 15 heavy (non-hydrogen) atoms. The number of hydrogen-bond donors (Lipinski definition) is 4. The lowest BCUT2D eigenvalue weighted by Gasteiger charge is -2.14. The van der Waals surface area contributed by atoms with E-state index in [1.807, 2.05) is 0 Å². The quantitative estimate of drug-likeness (QED) is 0.346. The molecule has 1 amide bonds. The number of carboxylic acids is 1. The fraction of sp³-hybridized carbons (Fsp3) is 0.625. The molecular formula is C8H12N2O4S. The molecule has 84 valence electrons. The van der Waals surface area contributed by atoms with Gasteiger partial charge in [0.2, 0.25) is 5.91 Å². The molecule has 1 fully saturated rings. The van der Waals surface area contributed by atoms with Gasteiger partial charge in [-0.05, 0) is 0 Å². The van der Waals surface area contributed by atoms with E-state index >= 15 is 0 Å². The first-order valence-corrected chi connectivity index (χ1v) is 5.09. The van der Waals surface area contributed by atoms with Crippen LogP contribution in [0, 0.1) is 0 Å². The molecule has 2 atom stereocenters. The second-order valence-corrected chi connectivity index (χ2v) is 3.55. The summed E-state index contributed by atoms with van der Waals surface area (Å²) in [7, 11) is 0. The summed E-state index contributed by atoms with van der Waals surface area (Å²) in [5.74, 6) is -1.99. The summed E-state index contributed by atoms with van der Waals surface area (Å²) in [5.41, 5.74) is 0. The lowest BCUT2D eigenvalue weighted by atomic mass is 10.2. The van der Waals surface area contributed by atoms with Gasteiger partial charge in [0.1, 0.15) is 12.1 Å². The summed E-state index contributed by atoms with van der Waals surface area (Å²) >= 11 is 3.79. The van der Waals surface area contributed by atoms with Gasteiger partial charge >= 0.3 is 5.97 Å². The second-order valence-electron chi connectivity index (χ2n) is 3.19. The van der Waals surface area contributed by atoms with Crippen molar-refractivity contribution in [1.82, 2.24) is 10.6 Å². The normalized spacial score (nSPS) is 22.5. The number of carbonyl (C=O) groups excluding carboxylic acids is 2. The zero-order valence-corrected chi connectivity index (χ0v) is 8.79. The molecule has 0 aromatic rings. The van der Waals surface area contributed by atoms with Gasteiger partial charge in [-0.15, -0.1) is 0 Å². The van der Waals surface area contributed by atoms with Gasteiger partial charge in [-0.3, -0.25) is 14.9 Å². The van der Waals surface area contributed by atoms with Gasteiger partial charge in [0, 0.05) is 18.7 Å². The van der Waals surface area contributed by atoms with Gasteiger partial charge in [0.05, 0.1) is 0 Å². The van der Waals surface area contributed by atoms with Crippen LogP contribution in [-0.2, 0) is 14.4 Å². The minimum Gasteiger partial charge on any atom is -0.480 e. The molecular weight excluding hydrogens is 220 g/mol. The Kier molecular flexibility index (Phi) is 4.10. The molecule has 0 bridgehead atoms. The van der Waals surface area contributed by atoms with Gasteiger partial charge in [-0.25, -0.2) is 4.79 Å². The molecule has 3 N–H and O–H groups in total. The highest BCUT2D eigenvalue weighted by Crippen LogP contribution is 2.01. The van der Waals surface area contributed by atoms with Crippen LogP contribution in [0.25, 0.3) is 0 Å². The summed E-state index contributed by atoms with van der Waals surface area (Å²) in [6.07, 6.45) is 0.302. The highest BCUT2D eigenvalue weighted by Gasteiger charge is 2.32. The monoisotopic (exact) mass is 232 g/mol. The largest absolute Gasteiger partial charge is 0.480 e. The number of aliphatic carboxylic acids is 1. The molecule has 1 rings (SSSR count). The smallest absolute Gasteiger partial charge is 0.327 e. The van der Waals surface area contributed by atoms with Crippen molar-refractivity contribution in [2.75, 3.05) is 12.3 Å². The van der Waals surface area contributed by atoms with E-state index in [-0.39, 0.29) is 11.5 Å². The van der Waals surface area contributed by atoms with Crippen molar-refractivity contribution in [2.45, 2.75) is 18.5 Å². The summed E-state index contributed by atoms with van der Waals surface area (Å²) in [5, 5.41) is 13.6. The minimum absolute atomic E-state index is 0.0119. The second kappa shape index (κ2) is 5.13. The predicted octanol–water partition coefficient (Wildman–Crippen LogP) is -1.58. The highest BCUT2D eigenvalue weighted by molar-refractivity contribution is 7.80. The predicted molar refractivity (Wildman–Crippen MR) is 54.8 cm³/mol. The van der Waals surface area contributed by atoms with E-state index < -0.39 is 24.0 Å². The lowest BCUT2D eigenvalue weighted by molar-refractivity contribution is -0.142. The fourth-order valence-electron chi connectivity index (χ4n) is 1.28. The third-order valence-corrected chi connectivity index (χ3v) is 2.47. The van der Waals surface area contributed by atoms with Gasteiger partial charge in [-0.1, -0.05) is 0 Å². The zero-order chi connectivity index (χ0) is 11.4. The standard InChI is InChI=1S/C8H12N2O4S/c11-5-1-2-9-6(5)7(12)10-4(3-15)8(13)14/h4,6,9,15H,1-3H2,(H,10,12)(H,13,14)/t4-,6-/m0/s1. The molecule has 0 aromatic carbocycles.